The molecule has 0 saturated heterocycles. The van der Waals surface area contributed by atoms with Gasteiger partial charge in [0, 0.05) is 11.8 Å². The van der Waals surface area contributed by atoms with E-state index in [0.717, 1.165) is 5.69 Å². The number of nitrogens with zero attached hydrogens (tertiary/aromatic N) is 2. The molecule has 0 aliphatic heterocycles. The van der Waals surface area contributed by atoms with Gasteiger partial charge in [0.2, 0.25) is 0 Å². The molecule has 2 aromatic rings. The van der Waals surface area contributed by atoms with Gasteiger partial charge in [0.15, 0.2) is 0 Å². The molecule has 1 aromatic carbocycles. The molecule has 1 aromatic heterocycles. The molecule has 4 heteroatoms. The largest absolute Gasteiger partial charge is 0.237 e. The smallest absolute Gasteiger partial charge is 0.134 e. The van der Waals surface area contributed by atoms with Gasteiger partial charge in [-0.3, -0.25) is 0 Å². The molecule has 0 aliphatic carbocycles. The highest BCUT2D eigenvalue weighted by Gasteiger charge is 2.18. The van der Waals surface area contributed by atoms with Crippen molar-refractivity contribution in [3.63, 3.8) is 0 Å². The maximum atomic E-state index is 13.6. The number of benzene rings is 1. The molecule has 0 fully saturated rings. The minimum atomic E-state index is -0.247. The van der Waals surface area contributed by atoms with E-state index in [2.05, 4.69) is 30.7 Å². The first-order valence-electron chi connectivity index (χ1n) is 6.13. The molecular formula is C15H16ClFN2. The minimum absolute atomic E-state index is 0.115. The van der Waals surface area contributed by atoms with Crippen LogP contribution in [0.5, 0.6) is 0 Å². The summed E-state index contributed by atoms with van der Waals surface area (Å²) in [4.78, 5) is 8.65. The summed E-state index contributed by atoms with van der Waals surface area (Å²) < 4.78 is 13.6. The van der Waals surface area contributed by atoms with Crippen LogP contribution >= 0.6 is 11.6 Å². The Hall–Kier alpha value is -1.48. The lowest BCUT2D eigenvalue weighted by atomic mass is 9.92. The maximum absolute atomic E-state index is 13.6. The van der Waals surface area contributed by atoms with Gasteiger partial charge >= 0.3 is 0 Å². The van der Waals surface area contributed by atoms with E-state index in [1.54, 1.807) is 24.3 Å². The van der Waals surface area contributed by atoms with E-state index in [1.165, 1.54) is 6.07 Å². The standard InChI is InChI=1S/C15H16ClFN2/c1-15(2,3)12-9-13(16)19-14(18-12)8-10-6-4-5-7-11(10)17/h4-7,9H,8H2,1-3H3. The summed E-state index contributed by atoms with van der Waals surface area (Å²) in [6.07, 6.45) is 0.344. The van der Waals surface area contributed by atoms with Gasteiger partial charge in [-0.25, -0.2) is 14.4 Å². The van der Waals surface area contributed by atoms with Crippen LogP contribution in [0.25, 0.3) is 0 Å². The molecule has 0 saturated carbocycles. The second-order valence-electron chi connectivity index (χ2n) is 5.51. The zero-order valence-electron chi connectivity index (χ0n) is 11.2. The molecule has 0 unspecified atom stereocenters. The predicted molar refractivity (Wildman–Crippen MR) is 74.9 cm³/mol. The first-order chi connectivity index (χ1) is 8.86. The van der Waals surface area contributed by atoms with E-state index in [0.29, 0.717) is 23.0 Å². The number of aromatic nitrogens is 2. The summed E-state index contributed by atoms with van der Waals surface area (Å²) in [5.74, 6) is 0.297. The van der Waals surface area contributed by atoms with Gasteiger partial charge in [-0.15, -0.1) is 0 Å². The molecule has 1 heterocycles. The summed E-state index contributed by atoms with van der Waals surface area (Å²) in [6, 6.07) is 8.39. The third kappa shape index (κ3) is 3.51. The van der Waals surface area contributed by atoms with Crippen LogP contribution in [-0.4, -0.2) is 9.97 Å². The van der Waals surface area contributed by atoms with Crippen LogP contribution in [0.2, 0.25) is 5.15 Å². The molecule has 0 aliphatic rings. The van der Waals surface area contributed by atoms with Crippen LogP contribution in [0.3, 0.4) is 0 Å². The van der Waals surface area contributed by atoms with Gasteiger partial charge in [-0.05, 0) is 17.7 Å². The van der Waals surface area contributed by atoms with Crippen LogP contribution in [-0.2, 0) is 11.8 Å². The third-order valence-electron chi connectivity index (χ3n) is 2.82. The van der Waals surface area contributed by atoms with Gasteiger partial charge < -0.3 is 0 Å². The molecule has 0 N–H and O–H groups in total. The quantitative estimate of drug-likeness (QED) is 0.771. The normalized spacial score (nSPS) is 11.6. The third-order valence-corrected chi connectivity index (χ3v) is 3.01. The van der Waals surface area contributed by atoms with Crippen LogP contribution < -0.4 is 0 Å². The Labute approximate surface area is 117 Å². The molecule has 0 amide bonds. The van der Waals surface area contributed by atoms with Gasteiger partial charge in [-0.2, -0.15) is 0 Å². The second kappa shape index (κ2) is 5.25. The average molecular weight is 279 g/mol. The Balaban J connectivity index is 2.36. The van der Waals surface area contributed by atoms with E-state index in [1.807, 2.05) is 0 Å². The SMILES string of the molecule is CC(C)(C)c1cc(Cl)nc(Cc2ccccc2F)n1. The fourth-order valence-corrected chi connectivity index (χ4v) is 1.94. The number of hydrogen-bond donors (Lipinski definition) is 0. The van der Waals surface area contributed by atoms with E-state index < -0.39 is 0 Å². The van der Waals surface area contributed by atoms with Gasteiger partial charge in [0.1, 0.15) is 16.8 Å². The maximum Gasteiger partial charge on any atom is 0.134 e. The molecule has 19 heavy (non-hydrogen) atoms. The lowest BCUT2D eigenvalue weighted by Crippen LogP contribution is -2.15. The summed E-state index contributed by atoms with van der Waals surface area (Å²) in [5.41, 5.74) is 1.32. The van der Waals surface area contributed by atoms with Crippen LogP contribution in [0.15, 0.2) is 30.3 Å². The first kappa shape index (κ1) is 13.9. The van der Waals surface area contributed by atoms with Crippen molar-refractivity contribution >= 4 is 11.6 Å². The summed E-state index contributed by atoms with van der Waals surface area (Å²) >= 11 is 6.02. The summed E-state index contributed by atoms with van der Waals surface area (Å²) in [7, 11) is 0. The number of rotatable bonds is 2. The Kier molecular flexibility index (Phi) is 3.85. The summed E-state index contributed by atoms with van der Waals surface area (Å²) in [5, 5.41) is 0.395. The number of halogens is 2. The van der Waals surface area contributed by atoms with E-state index in [9.17, 15) is 4.39 Å². The van der Waals surface area contributed by atoms with Gasteiger partial charge in [0.25, 0.3) is 0 Å². The van der Waals surface area contributed by atoms with Crippen molar-refractivity contribution in [2.75, 3.05) is 0 Å². The Morgan fingerprint density at radius 3 is 2.47 bits per heavy atom. The summed E-state index contributed by atoms with van der Waals surface area (Å²) in [6.45, 7) is 6.16. The topological polar surface area (TPSA) is 25.8 Å². The van der Waals surface area contributed by atoms with Gasteiger partial charge in [-0.1, -0.05) is 50.6 Å². The zero-order valence-corrected chi connectivity index (χ0v) is 12.0. The minimum Gasteiger partial charge on any atom is -0.237 e. The van der Waals surface area contributed by atoms with Gasteiger partial charge in [0.05, 0.1) is 5.69 Å². The molecule has 0 radical (unpaired) electrons. The molecular weight excluding hydrogens is 263 g/mol. The Bertz CT molecular complexity index is 591. The van der Waals surface area contributed by atoms with Crippen molar-refractivity contribution in [2.45, 2.75) is 32.6 Å². The molecule has 2 rings (SSSR count). The van der Waals surface area contributed by atoms with E-state index >= 15 is 0 Å². The lowest BCUT2D eigenvalue weighted by molar-refractivity contribution is 0.561. The highest BCUT2D eigenvalue weighted by Crippen LogP contribution is 2.23. The molecule has 0 spiro atoms. The zero-order chi connectivity index (χ0) is 14.0. The monoisotopic (exact) mass is 278 g/mol. The second-order valence-corrected chi connectivity index (χ2v) is 5.90. The Morgan fingerprint density at radius 1 is 1.16 bits per heavy atom. The average Bonchev–Trinajstić information content (AvgIpc) is 2.30. The highest BCUT2D eigenvalue weighted by atomic mass is 35.5. The van der Waals surface area contributed by atoms with Crippen molar-refractivity contribution in [1.29, 1.82) is 0 Å². The van der Waals surface area contributed by atoms with E-state index in [4.69, 9.17) is 11.6 Å². The fourth-order valence-electron chi connectivity index (χ4n) is 1.74. The molecule has 2 nitrogen and oxygen atoms in total. The van der Waals surface area contributed by atoms with Crippen molar-refractivity contribution in [1.82, 2.24) is 9.97 Å². The lowest BCUT2D eigenvalue weighted by Gasteiger charge is -2.18. The number of hydrogen-bond acceptors (Lipinski definition) is 2. The fraction of sp³-hybridized carbons (Fsp3) is 0.333. The van der Waals surface area contributed by atoms with Crippen molar-refractivity contribution in [3.05, 3.63) is 58.4 Å². The molecule has 100 valence electrons. The van der Waals surface area contributed by atoms with Crippen molar-refractivity contribution < 1.29 is 4.39 Å². The predicted octanol–water partition coefficient (Wildman–Crippen LogP) is 4.16. The van der Waals surface area contributed by atoms with Crippen LogP contribution in [0, 0.1) is 5.82 Å². The van der Waals surface area contributed by atoms with Crippen molar-refractivity contribution in [2.24, 2.45) is 0 Å². The van der Waals surface area contributed by atoms with Crippen LogP contribution in [0.4, 0.5) is 4.39 Å². The van der Waals surface area contributed by atoms with Crippen LogP contribution in [0.1, 0.15) is 37.9 Å². The molecule has 0 atom stereocenters. The van der Waals surface area contributed by atoms with E-state index in [-0.39, 0.29) is 11.2 Å². The highest BCUT2D eigenvalue weighted by molar-refractivity contribution is 6.29. The Morgan fingerprint density at radius 2 is 1.84 bits per heavy atom. The molecule has 0 bridgehead atoms. The first-order valence-corrected chi connectivity index (χ1v) is 6.51. The van der Waals surface area contributed by atoms with Crippen molar-refractivity contribution in [3.8, 4) is 0 Å².